The Hall–Kier alpha value is -1.74. The second kappa shape index (κ2) is 11.0. The van der Waals surface area contributed by atoms with Crippen LogP contribution in [0, 0.1) is 11.3 Å². The Morgan fingerprint density at radius 1 is 1.08 bits per heavy atom. The highest BCUT2D eigenvalue weighted by Gasteiger charge is 1.99. The summed E-state index contributed by atoms with van der Waals surface area (Å²) in [7, 11) is 0. The molecule has 0 heterocycles. The van der Waals surface area contributed by atoms with E-state index in [1.807, 2.05) is 48.2 Å². The van der Waals surface area contributed by atoms with Crippen molar-refractivity contribution in [1.82, 2.24) is 5.32 Å². The summed E-state index contributed by atoms with van der Waals surface area (Å²) in [4.78, 5) is 0. The summed E-state index contributed by atoms with van der Waals surface area (Å²) in [5.74, 6) is 2.07. The molecule has 0 aliphatic rings. The number of nitrogens with one attached hydrogen (secondary N) is 2. The third-order valence-electron chi connectivity index (χ3n) is 3.43. The minimum atomic E-state index is 0.427. The zero-order chi connectivity index (χ0) is 17.9. The van der Waals surface area contributed by atoms with Gasteiger partial charge in [0.1, 0.15) is 0 Å². The Morgan fingerprint density at radius 2 is 1.76 bits per heavy atom. The third-order valence-corrected chi connectivity index (χ3v) is 5.04. The van der Waals surface area contributed by atoms with Gasteiger partial charge in [-0.2, -0.15) is 17.0 Å². The highest BCUT2D eigenvalue weighted by molar-refractivity contribution is 7.98. The first-order chi connectivity index (χ1) is 12.2. The van der Waals surface area contributed by atoms with E-state index in [2.05, 4.69) is 28.8 Å². The molecule has 0 fully saturated rings. The zero-order valence-corrected chi connectivity index (χ0v) is 16.2. The van der Waals surface area contributed by atoms with Crippen LogP contribution in [0.4, 0.5) is 5.69 Å². The number of anilines is 1. The minimum Gasteiger partial charge on any atom is -0.362 e. The molecule has 130 valence electrons. The molecule has 0 atom stereocenters. The summed E-state index contributed by atoms with van der Waals surface area (Å²) in [6.45, 7) is 0.839. The van der Waals surface area contributed by atoms with Crippen molar-refractivity contribution in [3.8, 4) is 6.07 Å². The predicted molar refractivity (Wildman–Crippen MR) is 112 cm³/mol. The number of hydrogen-bond acceptors (Lipinski definition) is 3. The van der Waals surface area contributed by atoms with E-state index in [9.17, 15) is 0 Å². The largest absolute Gasteiger partial charge is 0.362 e. The van der Waals surface area contributed by atoms with Crippen molar-refractivity contribution in [1.29, 1.82) is 5.26 Å². The van der Waals surface area contributed by atoms with Crippen molar-refractivity contribution in [2.75, 3.05) is 17.6 Å². The third kappa shape index (κ3) is 7.78. The van der Waals surface area contributed by atoms with Gasteiger partial charge in [0.25, 0.3) is 0 Å². The number of nitriles is 1. The molecule has 0 spiro atoms. The Balaban J connectivity index is 1.57. The maximum absolute atomic E-state index is 8.67. The molecule has 2 N–H and O–H groups in total. The fourth-order valence-corrected chi connectivity index (χ4v) is 3.39. The fourth-order valence-electron chi connectivity index (χ4n) is 2.12. The van der Waals surface area contributed by atoms with Gasteiger partial charge in [0.15, 0.2) is 5.11 Å². The Kier molecular flexibility index (Phi) is 8.61. The quantitative estimate of drug-likeness (QED) is 0.490. The first-order valence-electron chi connectivity index (χ1n) is 8.00. The molecule has 2 aromatic rings. The standard InChI is InChI=1S/C19H20ClN3S2/c20-17-6-2-16(3-7-17)14-25-13-1-12-22-19(24)23-18-8-4-15(5-9-18)10-11-21/h2-9H,1,10,12-14H2,(H2,22,23,24). The van der Waals surface area contributed by atoms with Gasteiger partial charge in [0.05, 0.1) is 12.5 Å². The maximum Gasteiger partial charge on any atom is 0.170 e. The van der Waals surface area contributed by atoms with Crippen LogP contribution < -0.4 is 10.6 Å². The molecule has 0 aliphatic heterocycles. The zero-order valence-electron chi connectivity index (χ0n) is 13.8. The predicted octanol–water partition coefficient (Wildman–Crippen LogP) is 5.02. The van der Waals surface area contributed by atoms with Gasteiger partial charge in [-0.15, -0.1) is 0 Å². The second-order valence-corrected chi connectivity index (χ2v) is 7.40. The average Bonchev–Trinajstić information content (AvgIpc) is 2.61. The lowest BCUT2D eigenvalue weighted by Crippen LogP contribution is -2.29. The smallest absolute Gasteiger partial charge is 0.170 e. The van der Waals surface area contributed by atoms with Crippen LogP contribution in [0.2, 0.25) is 5.02 Å². The van der Waals surface area contributed by atoms with Gasteiger partial charge < -0.3 is 10.6 Å². The Labute approximate surface area is 163 Å². The van der Waals surface area contributed by atoms with Crippen molar-refractivity contribution in [2.45, 2.75) is 18.6 Å². The van der Waals surface area contributed by atoms with E-state index in [1.165, 1.54) is 5.56 Å². The van der Waals surface area contributed by atoms with Gasteiger partial charge in [0, 0.05) is 23.0 Å². The Morgan fingerprint density at radius 3 is 2.44 bits per heavy atom. The molecule has 0 aliphatic carbocycles. The number of halogens is 1. The average molecular weight is 390 g/mol. The van der Waals surface area contributed by atoms with Crippen LogP contribution in [0.5, 0.6) is 0 Å². The lowest BCUT2D eigenvalue weighted by molar-refractivity contribution is 0.854. The molecule has 0 saturated heterocycles. The van der Waals surface area contributed by atoms with E-state index in [1.54, 1.807) is 0 Å². The molecule has 0 aromatic heterocycles. The lowest BCUT2D eigenvalue weighted by atomic mass is 10.1. The summed E-state index contributed by atoms with van der Waals surface area (Å²) in [5.41, 5.74) is 3.22. The van der Waals surface area contributed by atoms with Crippen LogP contribution in [0.25, 0.3) is 0 Å². The molecule has 0 radical (unpaired) electrons. The van der Waals surface area contributed by atoms with Crippen LogP contribution in [-0.2, 0) is 12.2 Å². The summed E-state index contributed by atoms with van der Waals surface area (Å²) in [6.07, 6.45) is 1.47. The SMILES string of the molecule is N#CCc1ccc(NC(=S)NCCCSCc2ccc(Cl)cc2)cc1. The Bertz CT molecular complexity index is 709. The number of thiocarbonyl (C=S) groups is 1. The van der Waals surface area contributed by atoms with Crippen molar-refractivity contribution < 1.29 is 0 Å². The van der Waals surface area contributed by atoms with Crippen molar-refractivity contribution >= 4 is 46.4 Å². The van der Waals surface area contributed by atoms with Gasteiger partial charge in [-0.05, 0) is 59.8 Å². The highest BCUT2D eigenvalue weighted by Crippen LogP contribution is 2.16. The van der Waals surface area contributed by atoms with E-state index in [4.69, 9.17) is 29.1 Å². The van der Waals surface area contributed by atoms with Crippen LogP contribution in [0.15, 0.2) is 48.5 Å². The molecule has 0 bridgehead atoms. The van der Waals surface area contributed by atoms with Crippen molar-refractivity contribution in [2.24, 2.45) is 0 Å². The molecular formula is C19H20ClN3S2. The van der Waals surface area contributed by atoms with Crippen molar-refractivity contribution in [3.63, 3.8) is 0 Å². The topological polar surface area (TPSA) is 47.9 Å². The van der Waals surface area contributed by atoms with Crippen LogP contribution in [0.1, 0.15) is 17.5 Å². The van der Waals surface area contributed by atoms with E-state index in [0.29, 0.717) is 11.5 Å². The first kappa shape index (κ1) is 19.6. The molecule has 0 amide bonds. The molecule has 3 nitrogen and oxygen atoms in total. The van der Waals surface area contributed by atoms with Gasteiger partial charge in [-0.25, -0.2) is 0 Å². The maximum atomic E-state index is 8.67. The van der Waals surface area contributed by atoms with Gasteiger partial charge in [-0.1, -0.05) is 35.9 Å². The highest BCUT2D eigenvalue weighted by atomic mass is 35.5. The molecule has 0 unspecified atom stereocenters. The second-order valence-electron chi connectivity index (χ2n) is 5.45. The molecule has 2 aromatic carbocycles. The van der Waals surface area contributed by atoms with E-state index >= 15 is 0 Å². The van der Waals surface area contributed by atoms with E-state index in [-0.39, 0.29) is 0 Å². The molecule has 25 heavy (non-hydrogen) atoms. The minimum absolute atomic E-state index is 0.427. The van der Waals surface area contributed by atoms with Gasteiger partial charge in [0.2, 0.25) is 0 Å². The number of hydrogen-bond donors (Lipinski definition) is 2. The normalized spacial score (nSPS) is 10.1. The van der Waals surface area contributed by atoms with Gasteiger partial charge in [-0.3, -0.25) is 0 Å². The van der Waals surface area contributed by atoms with E-state index in [0.717, 1.165) is 40.7 Å². The number of rotatable bonds is 8. The monoisotopic (exact) mass is 389 g/mol. The summed E-state index contributed by atoms with van der Waals surface area (Å²) in [6, 6.07) is 17.8. The lowest BCUT2D eigenvalue weighted by Gasteiger charge is -2.10. The van der Waals surface area contributed by atoms with Crippen LogP contribution in [0.3, 0.4) is 0 Å². The summed E-state index contributed by atoms with van der Waals surface area (Å²) >= 11 is 13.1. The molecule has 0 saturated carbocycles. The molecule has 6 heteroatoms. The summed E-state index contributed by atoms with van der Waals surface area (Å²) < 4.78 is 0. The van der Waals surface area contributed by atoms with Crippen molar-refractivity contribution in [3.05, 3.63) is 64.7 Å². The number of nitrogens with zero attached hydrogens (tertiary/aromatic N) is 1. The van der Waals surface area contributed by atoms with Gasteiger partial charge >= 0.3 is 0 Å². The van der Waals surface area contributed by atoms with Crippen LogP contribution in [-0.4, -0.2) is 17.4 Å². The fraction of sp³-hybridized carbons (Fsp3) is 0.263. The number of thioether (sulfide) groups is 1. The summed E-state index contributed by atoms with van der Waals surface area (Å²) in [5, 5.41) is 16.4. The van der Waals surface area contributed by atoms with Crippen LogP contribution >= 0.6 is 35.6 Å². The molecule has 2 rings (SSSR count). The molecular weight excluding hydrogens is 370 g/mol. The first-order valence-corrected chi connectivity index (χ1v) is 9.94. The number of benzene rings is 2. The van der Waals surface area contributed by atoms with E-state index < -0.39 is 0 Å².